The maximum atomic E-state index is 11.1. The Balaban J connectivity index is 1.50. The lowest BCUT2D eigenvalue weighted by Crippen LogP contribution is -2.25. The van der Waals surface area contributed by atoms with E-state index in [1.54, 1.807) is 6.20 Å². The number of nitrogens with zero attached hydrogens (tertiary/aromatic N) is 1. The van der Waals surface area contributed by atoms with Gasteiger partial charge in [0.2, 0.25) is 5.06 Å². The van der Waals surface area contributed by atoms with Crippen LogP contribution in [0.3, 0.4) is 0 Å². The number of aromatic nitrogens is 1. The molecule has 0 atom stereocenters. The predicted molar refractivity (Wildman–Crippen MR) is 115 cm³/mol. The van der Waals surface area contributed by atoms with Gasteiger partial charge in [0.15, 0.2) is 0 Å². The van der Waals surface area contributed by atoms with Gasteiger partial charge in [-0.05, 0) is 73.6 Å². The minimum Gasteiger partial charge on any atom is -0.491 e. The third-order valence-electron chi connectivity index (χ3n) is 3.87. The number of hydrogen-bond acceptors (Lipinski definition) is 7. The first-order valence-electron chi connectivity index (χ1n) is 9.51. The molecule has 0 bridgehead atoms. The third-order valence-corrected chi connectivity index (χ3v) is 4.63. The van der Waals surface area contributed by atoms with Crippen molar-refractivity contribution in [1.82, 2.24) is 10.3 Å². The van der Waals surface area contributed by atoms with Crippen LogP contribution in [-0.4, -0.2) is 30.8 Å². The fourth-order valence-electron chi connectivity index (χ4n) is 2.52. The predicted octanol–water partition coefficient (Wildman–Crippen LogP) is 5.41. The number of thiazole rings is 1. The summed E-state index contributed by atoms with van der Waals surface area (Å²) >= 11 is 1.31. The molecular weight excluding hydrogens is 404 g/mol. The summed E-state index contributed by atoms with van der Waals surface area (Å²) in [5, 5.41) is 3.77. The van der Waals surface area contributed by atoms with Gasteiger partial charge in [-0.25, -0.2) is 9.78 Å². The number of carbonyl (C=O) groups is 1. The molecule has 1 heterocycles. The van der Waals surface area contributed by atoms with Gasteiger partial charge < -0.3 is 24.3 Å². The first kappa shape index (κ1) is 21.4. The van der Waals surface area contributed by atoms with Crippen LogP contribution in [-0.2, 0) is 11.2 Å². The van der Waals surface area contributed by atoms with Crippen molar-refractivity contribution >= 4 is 17.4 Å². The Labute approximate surface area is 179 Å². The number of ether oxygens (including phenoxy) is 4. The van der Waals surface area contributed by atoms with Gasteiger partial charge in [0.25, 0.3) is 5.19 Å². The normalized spacial score (nSPS) is 10.5. The molecule has 0 aliphatic heterocycles. The molecule has 158 valence electrons. The van der Waals surface area contributed by atoms with Crippen LogP contribution >= 0.6 is 11.3 Å². The van der Waals surface area contributed by atoms with Crippen LogP contribution in [0.5, 0.6) is 27.5 Å². The molecule has 0 fully saturated rings. The minimum atomic E-state index is -0.432. The smallest absolute Gasteiger partial charge is 0.406 e. The number of alkyl carbamates (subject to hydrolysis) is 1. The van der Waals surface area contributed by atoms with Gasteiger partial charge in [0.05, 0.1) is 19.4 Å². The average Bonchev–Trinajstić information content (AvgIpc) is 3.17. The van der Waals surface area contributed by atoms with Crippen LogP contribution in [0.4, 0.5) is 4.79 Å². The Bertz CT molecular complexity index is 939. The second kappa shape index (κ2) is 10.5. The third kappa shape index (κ3) is 6.66. The molecule has 8 heteroatoms. The van der Waals surface area contributed by atoms with E-state index in [2.05, 4.69) is 15.0 Å². The quantitative estimate of drug-likeness (QED) is 0.491. The van der Waals surface area contributed by atoms with E-state index < -0.39 is 6.09 Å². The number of hydrogen-bond donors (Lipinski definition) is 1. The highest BCUT2D eigenvalue weighted by atomic mass is 32.1. The van der Waals surface area contributed by atoms with Gasteiger partial charge >= 0.3 is 6.09 Å². The topological polar surface area (TPSA) is 78.9 Å². The number of methoxy groups -OCH3 is 1. The molecule has 3 rings (SSSR count). The zero-order valence-corrected chi connectivity index (χ0v) is 17.9. The molecule has 0 radical (unpaired) electrons. The molecule has 3 aromatic rings. The van der Waals surface area contributed by atoms with Crippen molar-refractivity contribution in [3.63, 3.8) is 0 Å². The summed E-state index contributed by atoms with van der Waals surface area (Å²) in [6.45, 7) is 4.47. The van der Waals surface area contributed by atoms with E-state index in [1.165, 1.54) is 18.4 Å². The Morgan fingerprint density at radius 3 is 2.30 bits per heavy atom. The Kier molecular flexibility index (Phi) is 7.51. The van der Waals surface area contributed by atoms with Gasteiger partial charge in [-0.2, -0.15) is 0 Å². The molecule has 0 aliphatic rings. The van der Waals surface area contributed by atoms with Crippen molar-refractivity contribution in [2.75, 3.05) is 13.7 Å². The first-order valence-corrected chi connectivity index (χ1v) is 10.3. The summed E-state index contributed by atoms with van der Waals surface area (Å²) < 4.78 is 21.8. The number of rotatable bonds is 9. The van der Waals surface area contributed by atoms with Crippen LogP contribution in [0.25, 0.3) is 0 Å². The van der Waals surface area contributed by atoms with Crippen molar-refractivity contribution in [3.8, 4) is 27.5 Å². The minimum absolute atomic E-state index is 0.126. The average molecular weight is 429 g/mol. The molecule has 2 aromatic carbocycles. The Morgan fingerprint density at radius 2 is 1.63 bits per heavy atom. The highest BCUT2D eigenvalue weighted by Gasteiger charge is 2.08. The molecule has 0 spiro atoms. The van der Waals surface area contributed by atoms with Crippen molar-refractivity contribution in [3.05, 3.63) is 60.3 Å². The molecule has 1 amide bonds. The van der Waals surface area contributed by atoms with Gasteiger partial charge in [0.1, 0.15) is 17.2 Å². The number of amides is 1. The summed E-state index contributed by atoms with van der Waals surface area (Å²) in [7, 11) is 1.34. The zero-order chi connectivity index (χ0) is 21.3. The summed E-state index contributed by atoms with van der Waals surface area (Å²) in [6, 6.07) is 15.1. The van der Waals surface area contributed by atoms with Crippen molar-refractivity contribution in [2.45, 2.75) is 26.4 Å². The maximum absolute atomic E-state index is 11.1. The number of benzene rings is 2. The van der Waals surface area contributed by atoms with E-state index in [4.69, 9.17) is 14.2 Å². The molecule has 0 saturated heterocycles. The van der Waals surface area contributed by atoms with E-state index in [9.17, 15) is 4.79 Å². The van der Waals surface area contributed by atoms with Crippen molar-refractivity contribution in [2.24, 2.45) is 0 Å². The van der Waals surface area contributed by atoms with E-state index in [0.717, 1.165) is 11.3 Å². The van der Waals surface area contributed by atoms with Gasteiger partial charge in [-0.3, -0.25) is 0 Å². The number of carbonyl (C=O) groups excluding carboxylic acids is 1. The van der Waals surface area contributed by atoms with Crippen LogP contribution in [0, 0.1) is 0 Å². The largest absolute Gasteiger partial charge is 0.491 e. The standard InChI is InChI=1S/C22H24N2O5S/c1-15(2)27-17-8-10-19(11-9-17)29-22-24-14-20(30-22)28-18-6-4-16(5-7-18)12-13-23-21(25)26-3/h4-11,14-15H,12-13H2,1-3H3,(H,23,25). The van der Waals surface area contributed by atoms with Gasteiger partial charge in [0, 0.05) is 6.54 Å². The van der Waals surface area contributed by atoms with Crippen LogP contribution in [0.15, 0.2) is 54.7 Å². The van der Waals surface area contributed by atoms with Crippen molar-refractivity contribution in [1.29, 1.82) is 0 Å². The fourth-order valence-corrected chi connectivity index (χ4v) is 3.18. The van der Waals surface area contributed by atoms with Gasteiger partial charge in [-0.1, -0.05) is 12.1 Å². The Morgan fingerprint density at radius 1 is 1.00 bits per heavy atom. The molecule has 0 saturated carbocycles. The molecule has 30 heavy (non-hydrogen) atoms. The van der Waals surface area contributed by atoms with E-state index in [-0.39, 0.29) is 6.10 Å². The van der Waals surface area contributed by atoms with Gasteiger partial charge in [-0.15, -0.1) is 0 Å². The maximum Gasteiger partial charge on any atom is 0.406 e. The van der Waals surface area contributed by atoms with E-state index in [1.807, 2.05) is 62.4 Å². The second-order valence-corrected chi connectivity index (χ2v) is 7.56. The van der Waals surface area contributed by atoms with Crippen LogP contribution in [0.2, 0.25) is 0 Å². The Hall–Kier alpha value is -3.26. The fraction of sp³-hybridized carbons (Fsp3) is 0.273. The summed E-state index contributed by atoms with van der Waals surface area (Å²) in [6.07, 6.45) is 2.03. The van der Waals surface area contributed by atoms with Crippen LogP contribution < -0.4 is 19.5 Å². The van der Waals surface area contributed by atoms with E-state index in [0.29, 0.717) is 34.7 Å². The lowest BCUT2D eigenvalue weighted by Gasteiger charge is -2.09. The summed E-state index contributed by atoms with van der Waals surface area (Å²) in [5.41, 5.74) is 1.08. The molecule has 0 aliphatic carbocycles. The second-order valence-electron chi connectivity index (χ2n) is 6.60. The monoisotopic (exact) mass is 428 g/mol. The molecular formula is C22H24N2O5S. The molecule has 0 unspecified atom stereocenters. The first-order chi connectivity index (χ1) is 14.5. The SMILES string of the molecule is COC(=O)NCCc1ccc(Oc2cnc(Oc3ccc(OC(C)C)cc3)s2)cc1. The summed E-state index contributed by atoms with van der Waals surface area (Å²) in [5.74, 6) is 2.17. The number of nitrogens with one attached hydrogen (secondary N) is 1. The molecule has 1 aromatic heterocycles. The van der Waals surface area contributed by atoms with Crippen molar-refractivity contribution < 1.29 is 23.7 Å². The molecule has 7 nitrogen and oxygen atoms in total. The van der Waals surface area contributed by atoms with E-state index >= 15 is 0 Å². The lowest BCUT2D eigenvalue weighted by molar-refractivity contribution is 0.171. The lowest BCUT2D eigenvalue weighted by atomic mass is 10.1. The zero-order valence-electron chi connectivity index (χ0n) is 17.1. The molecule has 1 N–H and O–H groups in total. The highest BCUT2D eigenvalue weighted by molar-refractivity contribution is 7.15. The highest BCUT2D eigenvalue weighted by Crippen LogP contribution is 2.34. The summed E-state index contributed by atoms with van der Waals surface area (Å²) in [4.78, 5) is 15.3. The van der Waals surface area contributed by atoms with Crippen LogP contribution in [0.1, 0.15) is 19.4 Å².